The number of carbonyl (C=O) groups is 1. The molecule has 10 heteroatoms. The highest BCUT2D eigenvalue weighted by atomic mass is 32.2. The summed E-state index contributed by atoms with van der Waals surface area (Å²) in [5.74, 6) is -0.320. The first-order chi connectivity index (χ1) is 16.2. The number of benzene rings is 1. The van der Waals surface area contributed by atoms with Gasteiger partial charge in [0.2, 0.25) is 0 Å². The van der Waals surface area contributed by atoms with Gasteiger partial charge in [-0.25, -0.2) is 27.3 Å². The number of nitrogens with zero attached hydrogens (tertiary/aromatic N) is 4. The van der Waals surface area contributed by atoms with Crippen molar-refractivity contribution in [3.8, 4) is 5.69 Å². The maximum absolute atomic E-state index is 13.4. The summed E-state index contributed by atoms with van der Waals surface area (Å²) in [6, 6.07) is 8.74. The molecule has 0 fully saturated rings. The summed E-state index contributed by atoms with van der Waals surface area (Å²) in [4.78, 5) is 19.1. The van der Waals surface area contributed by atoms with Crippen molar-refractivity contribution in [1.29, 1.82) is 0 Å². The number of anilines is 1. The number of hydrogen-bond donors (Lipinski definition) is 1. The summed E-state index contributed by atoms with van der Waals surface area (Å²) in [5.41, 5.74) is 3.81. The summed E-state index contributed by atoms with van der Waals surface area (Å²) >= 11 is 0. The summed E-state index contributed by atoms with van der Waals surface area (Å²) < 4.78 is 39.1. The fraction of sp³-hybridized carbons (Fsp3) is 0.375. The van der Waals surface area contributed by atoms with E-state index in [1.165, 1.54) is 24.4 Å². The lowest BCUT2D eigenvalue weighted by Crippen LogP contribution is -2.44. The minimum Gasteiger partial charge on any atom is -0.331 e. The van der Waals surface area contributed by atoms with Crippen molar-refractivity contribution in [3.63, 3.8) is 0 Å². The summed E-state index contributed by atoms with van der Waals surface area (Å²) in [7, 11) is -3.46. The zero-order valence-corrected chi connectivity index (χ0v) is 20.3. The molecule has 3 aromatic rings. The molecule has 1 aliphatic rings. The van der Waals surface area contributed by atoms with Gasteiger partial charge in [0.1, 0.15) is 5.82 Å². The predicted octanol–water partition coefficient (Wildman–Crippen LogP) is 4.12. The highest BCUT2D eigenvalue weighted by Crippen LogP contribution is 2.33. The van der Waals surface area contributed by atoms with Gasteiger partial charge in [-0.1, -0.05) is 13.3 Å². The van der Waals surface area contributed by atoms with E-state index in [1.807, 2.05) is 13.8 Å². The molecule has 1 aliphatic heterocycles. The molecule has 0 aliphatic carbocycles. The minimum atomic E-state index is -3.46. The number of aromatic nitrogens is 3. The first kappa shape index (κ1) is 23.9. The number of fused-ring (bicyclic) bond motifs is 1. The highest BCUT2D eigenvalue weighted by Gasteiger charge is 2.30. The standard InChI is InChI=1S/C24H28FN5O3S/c1-4-6-20(17-12-13-26-22(15-17)34(3,32)33)27-24(31)29-14-5-7-21-23(29)16(2)28-30(21)19-10-8-18(25)9-11-19/h8-13,15,20H,4-7,14H2,1-3H3,(H,27,31). The van der Waals surface area contributed by atoms with Crippen LogP contribution in [-0.4, -0.2) is 42.0 Å². The van der Waals surface area contributed by atoms with Crippen LogP contribution in [0.3, 0.4) is 0 Å². The van der Waals surface area contributed by atoms with Crippen LogP contribution < -0.4 is 10.2 Å². The number of carbonyl (C=O) groups excluding carboxylic acids is 1. The molecule has 34 heavy (non-hydrogen) atoms. The number of nitrogens with one attached hydrogen (secondary N) is 1. The van der Waals surface area contributed by atoms with Gasteiger partial charge in [0.15, 0.2) is 14.9 Å². The van der Waals surface area contributed by atoms with E-state index < -0.39 is 9.84 Å². The zero-order chi connectivity index (χ0) is 24.5. The van der Waals surface area contributed by atoms with Gasteiger partial charge in [-0.05, 0) is 68.1 Å². The normalized spacial score (nSPS) is 14.5. The van der Waals surface area contributed by atoms with Crippen LogP contribution in [0, 0.1) is 12.7 Å². The fourth-order valence-electron chi connectivity index (χ4n) is 4.34. The van der Waals surface area contributed by atoms with Gasteiger partial charge in [-0.2, -0.15) is 5.10 Å². The fourth-order valence-corrected chi connectivity index (χ4v) is 4.94. The van der Waals surface area contributed by atoms with Crippen LogP contribution in [0.25, 0.3) is 5.69 Å². The molecule has 1 unspecified atom stereocenters. The van der Waals surface area contributed by atoms with Crippen LogP contribution in [0.2, 0.25) is 0 Å². The van der Waals surface area contributed by atoms with Gasteiger partial charge in [0.25, 0.3) is 0 Å². The Hall–Kier alpha value is -3.27. The molecule has 1 atom stereocenters. The topological polar surface area (TPSA) is 97.2 Å². The Bertz CT molecular complexity index is 1300. The number of aryl methyl sites for hydroxylation is 1. The van der Waals surface area contributed by atoms with E-state index in [4.69, 9.17) is 0 Å². The molecule has 0 saturated heterocycles. The van der Waals surface area contributed by atoms with E-state index >= 15 is 0 Å². The Kier molecular flexibility index (Phi) is 6.70. The van der Waals surface area contributed by atoms with Crippen molar-refractivity contribution in [2.24, 2.45) is 0 Å². The lowest BCUT2D eigenvalue weighted by Gasteiger charge is -2.30. The minimum absolute atomic E-state index is 0.0166. The van der Waals surface area contributed by atoms with Crippen LogP contribution in [-0.2, 0) is 16.3 Å². The predicted molar refractivity (Wildman–Crippen MR) is 127 cm³/mol. The SMILES string of the molecule is CCCC(NC(=O)N1CCCc2c1c(C)nn2-c1ccc(F)cc1)c1ccnc(S(C)(=O)=O)c1. The number of halogens is 1. The molecule has 8 nitrogen and oxygen atoms in total. The molecule has 1 N–H and O–H groups in total. The second-order valence-corrected chi connectivity index (χ2v) is 10.5. The van der Waals surface area contributed by atoms with Crippen LogP contribution in [0.4, 0.5) is 14.9 Å². The summed E-state index contributed by atoms with van der Waals surface area (Å²) in [5, 5.41) is 7.70. The lowest BCUT2D eigenvalue weighted by atomic mass is 10.0. The Morgan fingerprint density at radius 3 is 2.65 bits per heavy atom. The number of amides is 2. The molecular formula is C24H28FN5O3S. The Labute approximate surface area is 198 Å². The zero-order valence-electron chi connectivity index (χ0n) is 19.5. The third kappa shape index (κ3) is 4.82. The van der Waals surface area contributed by atoms with Crippen molar-refractivity contribution in [1.82, 2.24) is 20.1 Å². The molecule has 0 bridgehead atoms. The first-order valence-corrected chi connectivity index (χ1v) is 13.2. The average molecular weight is 486 g/mol. The van der Waals surface area contributed by atoms with Gasteiger partial charge >= 0.3 is 6.03 Å². The van der Waals surface area contributed by atoms with Gasteiger partial charge < -0.3 is 5.32 Å². The third-order valence-corrected chi connectivity index (χ3v) is 6.90. The Morgan fingerprint density at radius 1 is 1.24 bits per heavy atom. The third-order valence-electron chi connectivity index (χ3n) is 5.92. The number of pyridine rings is 1. The summed E-state index contributed by atoms with van der Waals surface area (Å²) in [6.07, 6.45) is 5.53. The number of hydrogen-bond acceptors (Lipinski definition) is 5. The molecule has 2 aromatic heterocycles. The van der Waals surface area contributed by atoms with Crippen LogP contribution >= 0.6 is 0 Å². The van der Waals surface area contributed by atoms with E-state index in [0.717, 1.165) is 42.6 Å². The second-order valence-electron chi connectivity index (χ2n) is 8.51. The van der Waals surface area contributed by atoms with Crippen molar-refractivity contribution in [3.05, 3.63) is 65.4 Å². The van der Waals surface area contributed by atoms with Crippen LogP contribution in [0.1, 0.15) is 49.2 Å². The number of urea groups is 1. The smallest absolute Gasteiger partial charge is 0.322 e. The Balaban J connectivity index is 1.63. The van der Waals surface area contributed by atoms with E-state index in [2.05, 4.69) is 15.4 Å². The molecule has 4 rings (SSSR count). The van der Waals surface area contributed by atoms with Crippen LogP contribution in [0.5, 0.6) is 0 Å². The van der Waals surface area contributed by atoms with Crippen molar-refractivity contribution in [2.75, 3.05) is 17.7 Å². The van der Waals surface area contributed by atoms with E-state index in [9.17, 15) is 17.6 Å². The van der Waals surface area contributed by atoms with Gasteiger partial charge in [-0.15, -0.1) is 0 Å². The lowest BCUT2D eigenvalue weighted by molar-refractivity contribution is 0.241. The molecule has 1 aromatic carbocycles. The van der Waals surface area contributed by atoms with Gasteiger partial charge in [0.05, 0.1) is 28.8 Å². The maximum Gasteiger partial charge on any atom is 0.322 e. The van der Waals surface area contributed by atoms with Crippen molar-refractivity contribution in [2.45, 2.75) is 50.6 Å². The van der Waals surface area contributed by atoms with Gasteiger partial charge in [-0.3, -0.25) is 4.90 Å². The van der Waals surface area contributed by atoms with E-state index in [-0.39, 0.29) is 22.9 Å². The van der Waals surface area contributed by atoms with Crippen LogP contribution in [0.15, 0.2) is 47.6 Å². The second kappa shape index (κ2) is 9.54. The largest absolute Gasteiger partial charge is 0.331 e. The monoisotopic (exact) mass is 485 g/mol. The quantitative estimate of drug-likeness (QED) is 0.566. The summed E-state index contributed by atoms with van der Waals surface area (Å²) in [6.45, 7) is 4.40. The molecular weight excluding hydrogens is 457 g/mol. The first-order valence-electron chi connectivity index (χ1n) is 11.3. The molecule has 0 saturated carbocycles. The maximum atomic E-state index is 13.4. The van der Waals surface area contributed by atoms with E-state index in [1.54, 1.807) is 27.8 Å². The highest BCUT2D eigenvalue weighted by molar-refractivity contribution is 7.90. The van der Waals surface area contributed by atoms with Gasteiger partial charge in [0, 0.05) is 19.0 Å². The average Bonchev–Trinajstić information content (AvgIpc) is 3.15. The van der Waals surface area contributed by atoms with Crippen molar-refractivity contribution < 1.29 is 17.6 Å². The molecule has 2 amide bonds. The molecule has 0 spiro atoms. The molecule has 0 radical (unpaired) electrons. The van der Waals surface area contributed by atoms with E-state index in [0.29, 0.717) is 24.2 Å². The molecule has 3 heterocycles. The number of sulfone groups is 1. The Morgan fingerprint density at radius 2 is 1.97 bits per heavy atom. The molecule has 180 valence electrons. The van der Waals surface area contributed by atoms with Crippen molar-refractivity contribution >= 4 is 21.6 Å². The number of rotatable bonds is 6.